The van der Waals surface area contributed by atoms with Gasteiger partial charge in [0.1, 0.15) is 11.5 Å². The van der Waals surface area contributed by atoms with Crippen LogP contribution in [-0.2, 0) is 47.7 Å². The molecule has 1 unspecified atom stereocenters. The third kappa shape index (κ3) is 10.2. The van der Waals surface area contributed by atoms with Gasteiger partial charge < -0.3 is 24.3 Å². The van der Waals surface area contributed by atoms with Gasteiger partial charge in [0.15, 0.2) is 24.1 Å². The quantitative estimate of drug-likeness (QED) is 0.287. The number of carbonyl (C=O) groups is 6. The van der Waals surface area contributed by atoms with Gasteiger partial charge in [-0.05, 0) is 58.8 Å². The lowest BCUT2D eigenvalue weighted by Gasteiger charge is -2.31. The first-order chi connectivity index (χ1) is 18.4. The number of amides is 1. The van der Waals surface area contributed by atoms with Crippen molar-refractivity contribution in [3.8, 4) is 0 Å². The molecule has 1 N–H and O–H groups in total. The summed E-state index contributed by atoms with van der Waals surface area (Å²) in [6.45, 7) is 16.4. The smallest absolute Gasteiger partial charge is 0.347 e. The molecule has 0 spiro atoms. The highest BCUT2D eigenvalue weighted by Gasteiger charge is 2.45. The van der Waals surface area contributed by atoms with Gasteiger partial charge in [0.25, 0.3) is 5.91 Å². The minimum absolute atomic E-state index is 0.0480. The Bertz CT molecular complexity index is 941. The second-order valence-corrected chi connectivity index (χ2v) is 12.0. The SMILES string of the molecule is CCC(C)[C@@H]1OC(=O)[C@H](C)OC(=O)C[C@@H](C)OC(=O)[C@H](CC(C)C)OC(=O)C(C)(C)C(=O)[C@H](CC(C)C)NC1=O. The van der Waals surface area contributed by atoms with Crippen LogP contribution in [0, 0.1) is 23.2 Å². The van der Waals surface area contributed by atoms with Crippen LogP contribution in [0.4, 0.5) is 0 Å². The fourth-order valence-corrected chi connectivity index (χ4v) is 4.10. The molecule has 0 aliphatic carbocycles. The zero-order valence-electron chi connectivity index (χ0n) is 25.5. The van der Waals surface area contributed by atoms with Gasteiger partial charge in [-0.2, -0.15) is 0 Å². The van der Waals surface area contributed by atoms with Crippen molar-refractivity contribution in [2.75, 3.05) is 0 Å². The Hall–Kier alpha value is -2.98. The second kappa shape index (κ2) is 15.1. The number of hydrogen-bond donors (Lipinski definition) is 1. The third-order valence-corrected chi connectivity index (χ3v) is 6.74. The summed E-state index contributed by atoms with van der Waals surface area (Å²) in [5.74, 6) is -5.45. The Kier molecular flexibility index (Phi) is 13.3. The van der Waals surface area contributed by atoms with Crippen LogP contribution in [0.5, 0.6) is 0 Å². The van der Waals surface area contributed by atoms with E-state index in [0.717, 1.165) is 0 Å². The first-order valence-corrected chi connectivity index (χ1v) is 14.1. The topological polar surface area (TPSA) is 151 Å². The molecule has 0 saturated carbocycles. The zero-order valence-corrected chi connectivity index (χ0v) is 25.5. The largest absolute Gasteiger partial charge is 0.459 e. The number of carbonyl (C=O) groups excluding carboxylic acids is 6. The van der Waals surface area contributed by atoms with Crippen molar-refractivity contribution in [3.63, 3.8) is 0 Å². The molecule has 1 saturated heterocycles. The maximum absolute atomic E-state index is 13.7. The summed E-state index contributed by atoms with van der Waals surface area (Å²) in [6, 6.07) is -1.11. The minimum atomic E-state index is -1.74. The van der Waals surface area contributed by atoms with Crippen molar-refractivity contribution in [3.05, 3.63) is 0 Å². The van der Waals surface area contributed by atoms with Crippen LogP contribution in [0.1, 0.15) is 94.9 Å². The van der Waals surface area contributed by atoms with Crippen molar-refractivity contribution in [2.45, 2.75) is 125 Å². The van der Waals surface area contributed by atoms with E-state index in [4.69, 9.17) is 18.9 Å². The van der Waals surface area contributed by atoms with Gasteiger partial charge >= 0.3 is 23.9 Å². The molecule has 0 aromatic rings. The molecule has 0 radical (unpaired) electrons. The van der Waals surface area contributed by atoms with Gasteiger partial charge in [-0.3, -0.25) is 19.2 Å². The Morgan fingerprint density at radius 1 is 0.825 bits per heavy atom. The number of hydrogen-bond acceptors (Lipinski definition) is 10. The Morgan fingerprint density at radius 2 is 1.40 bits per heavy atom. The summed E-state index contributed by atoms with van der Waals surface area (Å²) in [4.78, 5) is 78.6. The highest BCUT2D eigenvalue weighted by Crippen LogP contribution is 2.26. The number of ether oxygens (including phenoxy) is 4. The molecule has 40 heavy (non-hydrogen) atoms. The summed E-state index contributed by atoms with van der Waals surface area (Å²) >= 11 is 0. The van der Waals surface area contributed by atoms with Crippen molar-refractivity contribution in [1.29, 1.82) is 0 Å². The zero-order chi connectivity index (χ0) is 30.9. The maximum Gasteiger partial charge on any atom is 0.347 e. The predicted octanol–water partition coefficient (Wildman–Crippen LogP) is 3.30. The Balaban J connectivity index is 3.55. The van der Waals surface area contributed by atoms with E-state index in [1.54, 1.807) is 6.92 Å². The summed E-state index contributed by atoms with van der Waals surface area (Å²) in [7, 11) is 0. The average Bonchev–Trinajstić information content (AvgIpc) is 2.83. The second-order valence-electron chi connectivity index (χ2n) is 12.0. The van der Waals surface area contributed by atoms with Crippen LogP contribution in [0.3, 0.4) is 0 Å². The standard InChI is InChI=1S/C29H47NO10/c1-11-17(6)23-25(33)30-20(12-15(2)3)24(32)29(9,10)28(36)39-21(13-16(4)5)27(35)37-18(7)14-22(31)38-19(8)26(34)40-23/h15-21,23H,11-14H2,1-10H3,(H,30,33)/t17?,18-,19+,20+,21+,23+/m1/s1. The highest BCUT2D eigenvalue weighted by atomic mass is 16.6. The summed E-state index contributed by atoms with van der Waals surface area (Å²) in [6.07, 6.45) is -4.47. The molecule has 11 heteroatoms. The van der Waals surface area contributed by atoms with Gasteiger partial charge in [-0.25, -0.2) is 9.59 Å². The lowest BCUT2D eigenvalue weighted by atomic mass is 9.81. The Labute approximate surface area is 237 Å². The third-order valence-electron chi connectivity index (χ3n) is 6.74. The first-order valence-electron chi connectivity index (χ1n) is 14.1. The van der Waals surface area contributed by atoms with Gasteiger partial charge in [0, 0.05) is 5.92 Å². The van der Waals surface area contributed by atoms with Crippen molar-refractivity contribution in [1.82, 2.24) is 5.32 Å². The molecule has 1 aliphatic heterocycles. The number of ketones is 1. The molecular weight excluding hydrogens is 522 g/mol. The average molecular weight is 570 g/mol. The lowest BCUT2D eigenvalue weighted by molar-refractivity contribution is -0.182. The summed E-state index contributed by atoms with van der Waals surface area (Å²) < 4.78 is 21.5. The van der Waals surface area contributed by atoms with Crippen LogP contribution >= 0.6 is 0 Å². The number of Topliss-reactive ketones (excluding diaryl/α,β-unsaturated/α-hetero) is 1. The molecule has 11 nitrogen and oxygen atoms in total. The molecule has 0 aromatic heterocycles. The molecule has 6 atom stereocenters. The molecule has 1 heterocycles. The van der Waals surface area contributed by atoms with Gasteiger partial charge in [0.2, 0.25) is 0 Å². The summed E-state index contributed by atoms with van der Waals surface area (Å²) in [5, 5.41) is 2.67. The van der Waals surface area contributed by atoms with Gasteiger partial charge in [0.05, 0.1) is 12.5 Å². The normalized spacial score (nSPS) is 28.6. The highest BCUT2D eigenvalue weighted by molar-refractivity contribution is 6.07. The molecule has 0 aromatic carbocycles. The molecule has 1 amide bonds. The molecule has 228 valence electrons. The molecular formula is C29H47NO10. The summed E-state index contributed by atoms with van der Waals surface area (Å²) in [5.41, 5.74) is -1.74. The lowest BCUT2D eigenvalue weighted by Crippen LogP contribution is -2.54. The molecule has 1 fully saturated rings. The molecule has 0 bridgehead atoms. The van der Waals surface area contributed by atoms with Crippen molar-refractivity contribution in [2.24, 2.45) is 23.2 Å². The van der Waals surface area contributed by atoms with Crippen LogP contribution in [-0.4, -0.2) is 66.0 Å². The number of cyclic esters (lactones) is 4. The van der Waals surface area contributed by atoms with Crippen molar-refractivity contribution < 1.29 is 47.7 Å². The predicted molar refractivity (Wildman–Crippen MR) is 145 cm³/mol. The van der Waals surface area contributed by atoms with Crippen LogP contribution in [0.25, 0.3) is 0 Å². The van der Waals surface area contributed by atoms with E-state index in [0.29, 0.717) is 6.42 Å². The van der Waals surface area contributed by atoms with E-state index in [1.165, 1.54) is 27.7 Å². The van der Waals surface area contributed by atoms with Gasteiger partial charge in [-0.1, -0.05) is 41.5 Å². The van der Waals surface area contributed by atoms with E-state index < -0.39 is 77.4 Å². The Morgan fingerprint density at radius 3 is 1.93 bits per heavy atom. The number of esters is 4. The van der Waals surface area contributed by atoms with E-state index in [-0.39, 0.29) is 31.1 Å². The van der Waals surface area contributed by atoms with E-state index >= 15 is 0 Å². The maximum atomic E-state index is 13.7. The molecule has 1 aliphatic rings. The first kappa shape index (κ1) is 35.0. The molecule has 1 rings (SSSR count). The fourth-order valence-electron chi connectivity index (χ4n) is 4.10. The monoisotopic (exact) mass is 569 g/mol. The fraction of sp³-hybridized carbons (Fsp3) is 0.793. The minimum Gasteiger partial charge on any atom is -0.459 e. The van der Waals surface area contributed by atoms with Crippen LogP contribution < -0.4 is 5.32 Å². The van der Waals surface area contributed by atoms with E-state index in [2.05, 4.69) is 5.32 Å². The van der Waals surface area contributed by atoms with Crippen molar-refractivity contribution >= 4 is 35.6 Å². The number of nitrogens with one attached hydrogen (secondary N) is 1. The van der Waals surface area contributed by atoms with Crippen LogP contribution in [0.15, 0.2) is 0 Å². The number of rotatable bonds is 6. The van der Waals surface area contributed by atoms with E-state index in [9.17, 15) is 28.8 Å². The van der Waals surface area contributed by atoms with Gasteiger partial charge in [-0.15, -0.1) is 0 Å². The van der Waals surface area contributed by atoms with E-state index in [1.807, 2.05) is 34.6 Å². The van der Waals surface area contributed by atoms with Crippen LogP contribution in [0.2, 0.25) is 0 Å².